The first kappa shape index (κ1) is 14.8. The van der Waals surface area contributed by atoms with Crippen molar-refractivity contribution >= 4 is 21.8 Å². The molecule has 1 amide bonds. The molecule has 0 spiro atoms. The molecule has 2 N–H and O–H groups in total. The molecule has 2 rings (SSSR count). The van der Waals surface area contributed by atoms with Crippen molar-refractivity contribution in [3.63, 3.8) is 0 Å². The first-order valence-electron chi connectivity index (χ1n) is 6.27. The quantitative estimate of drug-likeness (QED) is 0.900. The van der Waals surface area contributed by atoms with Gasteiger partial charge in [0.2, 0.25) is 0 Å². The lowest BCUT2D eigenvalue weighted by Gasteiger charge is -2.20. The third-order valence-electron chi connectivity index (χ3n) is 3.15. The van der Waals surface area contributed by atoms with E-state index in [1.165, 1.54) is 6.26 Å². The number of carbonyl (C=O) groups is 1. The minimum absolute atomic E-state index is 0.250. The van der Waals surface area contributed by atoms with Gasteiger partial charge in [-0.05, 0) is 37.6 Å². The Balaban J connectivity index is 2.04. The molecule has 0 radical (unpaired) electrons. The van der Waals surface area contributed by atoms with Gasteiger partial charge in [0, 0.05) is 4.47 Å². The summed E-state index contributed by atoms with van der Waals surface area (Å²) in [5, 5.41) is 13.0. The van der Waals surface area contributed by atoms with E-state index in [4.69, 9.17) is 4.42 Å². The van der Waals surface area contributed by atoms with E-state index in [1.54, 1.807) is 19.9 Å². The zero-order valence-corrected chi connectivity index (χ0v) is 12.8. The Kier molecular flexibility index (Phi) is 4.62. The van der Waals surface area contributed by atoms with Gasteiger partial charge < -0.3 is 14.8 Å². The van der Waals surface area contributed by atoms with Crippen molar-refractivity contribution in [1.29, 1.82) is 0 Å². The summed E-state index contributed by atoms with van der Waals surface area (Å²) in [5.74, 6) is 0.313. The number of rotatable bonds is 4. The molecule has 2 aromatic rings. The van der Waals surface area contributed by atoms with E-state index in [9.17, 15) is 9.90 Å². The van der Waals surface area contributed by atoms with Crippen LogP contribution in [-0.2, 0) is 0 Å². The average molecular weight is 338 g/mol. The van der Waals surface area contributed by atoms with Gasteiger partial charge in [-0.25, -0.2) is 0 Å². The summed E-state index contributed by atoms with van der Waals surface area (Å²) in [7, 11) is 0. The summed E-state index contributed by atoms with van der Waals surface area (Å²) in [6.45, 7) is 3.49. The number of nitrogens with one attached hydrogen (secondary N) is 1. The van der Waals surface area contributed by atoms with Crippen LogP contribution in [0.4, 0.5) is 0 Å². The van der Waals surface area contributed by atoms with Crippen LogP contribution >= 0.6 is 15.9 Å². The topological polar surface area (TPSA) is 62.5 Å². The van der Waals surface area contributed by atoms with Crippen LogP contribution in [0.2, 0.25) is 0 Å². The molecule has 0 bridgehead atoms. The monoisotopic (exact) mass is 337 g/mol. The molecular formula is C15H16BrNO3. The molecule has 0 saturated carbocycles. The summed E-state index contributed by atoms with van der Waals surface area (Å²) in [6.07, 6.45) is 0.708. The van der Waals surface area contributed by atoms with Crippen LogP contribution in [0.3, 0.4) is 0 Å². The van der Waals surface area contributed by atoms with Crippen molar-refractivity contribution in [3.05, 3.63) is 58.0 Å². The molecule has 1 aromatic carbocycles. The van der Waals surface area contributed by atoms with Gasteiger partial charge in [-0.1, -0.05) is 28.1 Å². The van der Waals surface area contributed by atoms with E-state index in [0.717, 1.165) is 10.0 Å². The molecule has 106 valence electrons. The second-order valence-electron chi connectivity index (χ2n) is 4.65. The average Bonchev–Trinajstić information content (AvgIpc) is 2.85. The first-order chi connectivity index (χ1) is 9.49. The fourth-order valence-corrected chi connectivity index (χ4v) is 2.20. The van der Waals surface area contributed by atoms with Crippen molar-refractivity contribution in [2.45, 2.75) is 26.0 Å². The lowest BCUT2D eigenvalue weighted by Crippen LogP contribution is -2.37. The maximum atomic E-state index is 12.0. The molecule has 0 fully saturated rings. The Morgan fingerprint density at radius 1 is 1.30 bits per heavy atom. The molecule has 0 aliphatic rings. The minimum Gasteiger partial charge on any atom is -0.469 e. The molecule has 2 atom stereocenters. The number of aliphatic hydroxyl groups is 1. The fourth-order valence-electron chi connectivity index (χ4n) is 1.93. The SMILES string of the molecule is Cc1occc1C(=O)NC(C)C(O)c1ccc(Br)cc1. The smallest absolute Gasteiger partial charge is 0.255 e. The molecule has 0 aliphatic heterocycles. The molecule has 0 aliphatic carbocycles. The number of aryl methyl sites for hydroxylation is 1. The Morgan fingerprint density at radius 2 is 1.95 bits per heavy atom. The summed E-state index contributed by atoms with van der Waals surface area (Å²) in [4.78, 5) is 12.0. The number of hydrogen-bond donors (Lipinski definition) is 2. The lowest BCUT2D eigenvalue weighted by atomic mass is 10.0. The molecule has 5 heteroatoms. The summed E-state index contributed by atoms with van der Waals surface area (Å²) < 4.78 is 6.04. The van der Waals surface area contributed by atoms with Gasteiger partial charge in [0.25, 0.3) is 5.91 Å². The molecule has 4 nitrogen and oxygen atoms in total. The van der Waals surface area contributed by atoms with Crippen LogP contribution in [0.1, 0.15) is 34.7 Å². The second-order valence-corrected chi connectivity index (χ2v) is 5.56. The number of halogens is 1. The van der Waals surface area contributed by atoms with Crippen LogP contribution < -0.4 is 5.32 Å². The molecule has 1 heterocycles. The maximum Gasteiger partial charge on any atom is 0.255 e. The highest BCUT2D eigenvalue weighted by atomic mass is 79.9. The zero-order chi connectivity index (χ0) is 14.7. The number of carbonyl (C=O) groups excluding carboxylic acids is 1. The molecular weight excluding hydrogens is 322 g/mol. The lowest BCUT2D eigenvalue weighted by molar-refractivity contribution is 0.0850. The van der Waals surface area contributed by atoms with Gasteiger partial charge in [-0.15, -0.1) is 0 Å². The Morgan fingerprint density at radius 3 is 2.50 bits per heavy atom. The van der Waals surface area contributed by atoms with Crippen molar-refractivity contribution in [2.75, 3.05) is 0 Å². The van der Waals surface area contributed by atoms with Crippen LogP contribution in [0.5, 0.6) is 0 Å². The van der Waals surface area contributed by atoms with E-state index in [-0.39, 0.29) is 5.91 Å². The normalized spacial score (nSPS) is 13.8. The van der Waals surface area contributed by atoms with Crippen molar-refractivity contribution in [1.82, 2.24) is 5.32 Å². The number of benzene rings is 1. The molecule has 1 aromatic heterocycles. The van der Waals surface area contributed by atoms with Gasteiger partial charge in [-0.3, -0.25) is 4.79 Å². The van der Waals surface area contributed by atoms with Crippen molar-refractivity contribution in [2.24, 2.45) is 0 Å². The van der Waals surface area contributed by atoms with Crippen molar-refractivity contribution < 1.29 is 14.3 Å². The highest BCUT2D eigenvalue weighted by molar-refractivity contribution is 9.10. The van der Waals surface area contributed by atoms with Crippen LogP contribution in [0, 0.1) is 6.92 Å². The number of amides is 1. The molecule has 0 saturated heterocycles. The van der Waals surface area contributed by atoms with E-state index in [2.05, 4.69) is 21.2 Å². The third kappa shape index (κ3) is 3.29. The van der Waals surface area contributed by atoms with Gasteiger partial charge in [0.15, 0.2) is 0 Å². The van der Waals surface area contributed by atoms with Crippen LogP contribution in [0.15, 0.2) is 45.5 Å². The second kappa shape index (κ2) is 6.24. The number of furan rings is 1. The van der Waals surface area contributed by atoms with E-state index >= 15 is 0 Å². The Bertz CT molecular complexity index is 591. The van der Waals surface area contributed by atoms with Gasteiger partial charge in [0.1, 0.15) is 5.76 Å². The maximum absolute atomic E-state index is 12.0. The number of aliphatic hydroxyl groups excluding tert-OH is 1. The van der Waals surface area contributed by atoms with E-state index in [0.29, 0.717) is 11.3 Å². The fraction of sp³-hybridized carbons (Fsp3) is 0.267. The summed E-state index contributed by atoms with van der Waals surface area (Å²) >= 11 is 3.34. The molecule has 2 unspecified atom stereocenters. The van der Waals surface area contributed by atoms with Gasteiger partial charge in [-0.2, -0.15) is 0 Å². The number of hydrogen-bond acceptors (Lipinski definition) is 3. The highest BCUT2D eigenvalue weighted by Crippen LogP contribution is 2.20. The van der Waals surface area contributed by atoms with Crippen LogP contribution in [0.25, 0.3) is 0 Å². The van der Waals surface area contributed by atoms with E-state index < -0.39 is 12.1 Å². The predicted molar refractivity (Wildman–Crippen MR) is 79.5 cm³/mol. The molecule has 20 heavy (non-hydrogen) atoms. The first-order valence-corrected chi connectivity index (χ1v) is 7.07. The van der Waals surface area contributed by atoms with Gasteiger partial charge >= 0.3 is 0 Å². The van der Waals surface area contributed by atoms with Crippen LogP contribution in [-0.4, -0.2) is 17.1 Å². The standard InChI is InChI=1S/C15H16BrNO3/c1-9(14(18)11-3-5-12(16)6-4-11)17-15(19)13-7-8-20-10(13)2/h3-9,14,18H,1-2H3,(H,17,19). The highest BCUT2D eigenvalue weighted by Gasteiger charge is 2.20. The Labute approximate surface area is 125 Å². The summed E-state index contributed by atoms with van der Waals surface area (Å²) in [6, 6.07) is 8.56. The zero-order valence-electron chi connectivity index (χ0n) is 11.3. The van der Waals surface area contributed by atoms with Gasteiger partial charge in [0.05, 0.1) is 24.0 Å². The predicted octanol–water partition coefficient (Wildman–Crippen LogP) is 3.20. The van der Waals surface area contributed by atoms with Crippen molar-refractivity contribution in [3.8, 4) is 0 Å². The third-order valence-corrected chi connectivity index (χ3v) is 3.68. The Hall–Kier alpha value is -1.59. The largest absolute Gasteiger partial charge is 0.469 e. The summed E-state index contributed by atoms with van der Waals surface area (Å²) in [5.41, 5.74) is 1.24. The van der Waals surface area contributed by atoms with E-state index in [1.807, 2.05) is 24.3 Å². The minimum atomic E-state index is -0.765.